The lowest BCUT2D eigenvalue weighted by Gasteiger charge is -2.27. The molecule has 2 heterocycles. The number of urea groups is 1. The molecule has 1 aliphatic carbocycles. The molecule has 2 atom stereocenters. The fraction of sp³-hybridized carbons (Fsp3) is 0.360. The van der Waals surface area contributed by atoms with Gasteiger partial charge >= 0.3 is 12.1 Å². The number of carbonyl (C=O) groups excluding carboxylic acids is 4. The Balaban J connectivity index is 1.34. The minimum absolute atomic E-state index is 0.253. The highest BCUT2D eigenvalue weighted by Crippen LogP contribution is 2.46. The minimum Gasteiger partial charge on any atom is -0.427 e. The highest BCUT2D eigenvalue weighted by Gasteiger charge is 2.58. The number of carbonyl (C=O) groups is 4. The second-order valence-electron chi connectivity index (χ2n) is 8.93. The van der Waals surface area contributed by atoms with E-state index in [4.69, 9.17) is 4.74 Å². The van der Waals surface area contributed by atoms with Crippen LogP contribution in [0, 0.1) is 5.82 Å². The Morgan fingerprint density at radius 2 is 2.00 bits per heavy atom. The molecular formula is C25H25FN4O5. The average molecular weight is 480 g/mol. The summed E-state index contributed by atoms with van der Waals surface area (Å²) in [7, 11) is 1.50. The van der Waals surface area contributed by atoms with Crippen LogP contribution in [0.1, 0.15) is 42.0 Å². The molecular weight excluding hydrogens is 455 g/mol. The number of aryl methyl sites for hydroxylation is 1. The predicted octanol–water partition coefficient (Wildman–Crippen LogP) is 3.06. The fourth-order valence-corrected chi connectivity index (χ4v) is 5.28. The van der Waals surface area contributed by atoms with Gasteiger partial charge in [-0.2, -0.15) is 0 Å². The van der Waals surface area contributed by atoms with E-state index in [-0.39, 0.29) is 18.3 Å². The van der Waals surface area contributed by atoms with Crippen molar-refractivity contribution in [1.82, 2.24) is 15.1 Å². The van der Waals surface area contributed by atoms with Crippen LogP contribution in [-0.4, -0.2) is 53.9 Å². The molecule has 0 aromatic heterocycles. The largest absolute Gasteiger partial charge is 0.427 e. The van der Waals surface area contributed by atoms with Crippen molar-refractivity contribution in [2.45, 2.75) is 37.3 Å². The van der Waals surface area contributed by atoms with Gasteiger partial charge in [0.15, 0.2) is 0 Å². The molecule has 9 nitrogen and oxygen atoms in total. The van der Waals surface area contributed by atoms with Gasteiger partial charge in [-0.15, -0.1) is 0 Å². The van der Waals surface area contributed by atoms with E-state index < -0.39 is 36.1 Å². The lowest BCUT2D eigenvalue weighted by molar-refractivity contribution is -0.142. The summed E-state index contributed by atoms with van der Waals surface area (Å²) in [4.78, 5) is 53.3. The predicted molar refractivity (Wildman–Crippen MR) is 123 cm³/mol. The van der Waals surface area contributed by atoms with Crippen molar-refractivity contribution in [3.05, 3.63) is 65.0 Å². The first-order chi connectivity index (χ1) is 16.8. The third-order valence-corrected chi connectivity index (χ3v) is 6.97. The number of halogens is 1. The lowest BCUT2D eigenvalue weighted by Crippen LogP contribution is -2.44. The van der Waals surface area contributed by atoms with Crippen molar-refractivity contribution in [3.63, 3.8) is 0 Å². The molecule has 10 heteroatoms. The normalized spacial score (nSPS) is 23.0. The summed E-state index contributed by atoms with van der Waals surface area (Å²) in [6.07, 6.45) is 1.16. The van der Waals surface area contributed by atoms with Gasteiger partial charge in [-0.3, -0.25) is 9.59 Å². The number of amides is 5. The summed E-state index contributed by atoms with van der Waals surface area (Å²) in [6.45, 7) is -0.0417. The number of nitrogens with zero attached hydrogens (tertiary/aromatic N) is 2. The molecule has 2 aromatic rings. The first kappa shape index (κ1) is 22.8. The third kappa shape index (κ3) is 3.78. The van der Waals surface area contributed by atoms with Gasteiger partial charge in [0.2, 0.25) is 11.5 Å². The number of rotatable bonds is 4. The molecule has 1 spiro atoms. The Bertz CT molecular complexity index is 1230. The highest BCUT2D eigenvalue weighted by molar-refractivity contribution is 6.06. The maximum Gasteiger partial charge on any atom is 0.418 e. The number of fused-ring (bicyclic) bond motifs is 2. The molecule has 2 aliphatic heterocycles. The van der Waals surface area contributed by atoms with E-state index in [1.54, 1.807) is 36.4 Å². The Morgan fingerprint density at radius 3 is 2.77 bits per heavy atom. The van der Waals surface area contributed by atoms with Gasteiger partial charge in [-0.1, -0.05) is 24.3 Å². The molecule has 3 aliphatic rings. The summed E-state index contributed by atoms with van der Waals surface area (Å²) in [5.74, 6) is -1.40. The minimum atomic E-state index is -1.48. The van der Waals surface area contributed by atoms with E-state index >= 15 is 0 Å². The van der Waals surface area contributed by atoms with E-state index in [0.717, 1.165) is 10.5 Å². The van der Waals surface area contributed by atoms with Gasteiger partial charge in [-0.05, 0) is 43.0 Å². The molecule has 5 amide bonds. The molecule has 182 valence electrons. The summed E-state index contributed by atoms with van der Waals surface area (Å²) < 4.78 is 20.0. The highest BCUT2D eigenvalue weighted by atomic mass is 19.1. The number of likely N-dealkylation sites (tertiary alicyclic amines) is 1. The molecule has 5 rings (SSSR count). The van der Waals surface area contributed by atoms with E-state index in [9.17, 15) is 23.6 Å². The molecule has 35 heavy (non-hydrogen) atoms. The van der Waals surface area contributed by atoms with Crippen molar-refractivity contribution >= 4 is 29.6 Å². The first-order valence-electron chi connectivity index (χ1n) is 11.5. The Hall–Kier alpha value is -3.95. The van der Waals surface area contributed by atoms with Gasteiger partial charge < -0.3 is 20.3 Å². The van der Waals surface area contributed by atoms with Crippen molar-refractivity contribution in [2.75, 3.05) is 25.5 Å². The summed E-state index contributed by atoms with van der Waals surface area (Å²) >= 11 is 0. The van der Waals surface area contributed by atoms with Crippen LogP contribution >= 0.6 is 0 Å². The number of imide groups is 1. The SMILES string of the molecule is CNC(=O)Nc1ccc2c(c1)CC[C@@]21OC(=O)N(CC(=O)N2CCCC2c2ccccc2F)C1=O. The maximum absolute atomic E-state index is 14.4. The van der Waals surface area contributed by atoms with Crippen LogP contribution in [0.25, 0.3) is 0 Å². The van der Waals surface area contributed by atoms with Crippen molar-refractivity contribution in [3.8, 4) is 0 Å². The number of anilines is 1. The van der Waals surface area contributed by atoms with Crippen LogP contribution in [0.5, 0.6) is 0 Å². The van der Waals surface area contributed by atoms with Crippen LogP contribution in [0.3, 0.4) is 0 Å². The summed E-state index contributed by atoms with van der Waals surface area (Å²) in [5.41, 5.74) is 0.841. The smallest absolute Gasteiger partial charge is 0.418 e. The summed E-state index contributed by atoms with van der Waals surface area (Å²) in [5, 5.41) is 5.15. The number of ether oxygens (including phenoxy) is 1. The first-order valence-corrected chi connectivity index (χ1v) is 11.5. The van der Waals surface area contributed by atoms with E-state index in [2.05, 4.69) is 10.6 Å². The van der Waals surface area contributed by atoms with E-state index in [0.29, 0.717) is 42.6 Å². The van der Waals surface area contributed by atoms with Crippen LogP contribution < -0.4 is 10.6 Å². The van der Waals surface area contributed by atoms with Crippen LogP contribution in [0.15, 0.2) is 42.5 Å². The van der Waals surface area contributed by atoms with Gasteiger partial charge in [0.25, 0.3) is 5.91 Å². The molecule has 0 radical (unpaired) electrons. The Labute approximate surface area is 201 Å². The lowest BCUT2D eigenvalue weighted by atomic mass is 9.94. The summed E-state index contributed by atoms with van der Waals surface area (Å²) in [6, 6.07) is 10.6. The molecule has 2 aromatic carbocycles. The number of hydrogen-bond acceptors (Lipinski definition) is 5. The van der Waals surface area contributed by atoms with Gasteiger partial charge in [0, 0.05) is 36.8 Å². The molecule has 0 bridgehead atoms. The zero-order valence-electron chi connectivity index (χ0n) is 19.2. The van der Waals surface area contributed by atoms with Crippen molar-refractivity contribution < 1.29 is 28.3 Å². The van der Waals surface area contributed by atoms with Crippen molar-refractivity contribution in [2.24, 2.45) is 0 Å². The van der Waals surface area contributed by atoms with Crippen molar-refractivity contribution in [1.29, 1.82) is 0 Å². The molecule has 2 saturated heterocycles. The molecule has 0 saturated carbocycles. The van der Waals surface area contributed by atoms with E-state index in [1.165, 1.54) is 18.0 Å². The monoisotopic (exact) mass is 480 g/mol. The molecule has 1 unspecified atom stereocenters. The number of nitrogens with one attached hydrogen (secondary N) is 2. The Kier molecular flexibility index (Phi) is 5.66. The topological polar surface area (TPSA) is 108 Å². The second-order valence-corrected chi connectivity index (χ2v) is 8.93. The molecule has 2 N–H and O–H groups in total. The van der Waals surface area contributed by atoms with Crippen LogP contribution in [-0.2, 0) is 26.3 Å². The number of benzene rings is 2. The van der Waals surface area contributed by atoms with Gasteiger partial charge in [-0.25, -0.2) is 18.9 Å². The Morgan fingerprint density at radius 1 is 1.20 bits per heavy atom. The van der Waals surface area contributed by atoms with Crippen LogP contribution in [0.4, 0.5) is 19.7 Å². The quantitative estimate of drug-likeness (QED) is 0.699. The molecule has 2 fully saturated rings. The van der Waals surface area contributed by atoms with Crippen LogP contribution in [0.2, 0.25) is 0 Å². The average Bonchev–Trinajstić information content (AvgIpc) is 3.53. The van der Waals surface area contributed by atoms with Gasteiger partial charge in [0.05, 0.1) is 6.04 Å². The standard InChI is InChI=1S/C25H25FN4O5/c1-27-23(33)28-16-8-9-18-15(13-16)10-11-25(18)22(32)30(24(34)35-25)14-21(31)29-12-4-7-20(29)17-5-2-3-6-19(17)26/h2-3,5-6,8-9,13,20H,4,7,10-12,14H2,1H3,(H2,27,28,33)/t20?,25-/m1/s1. The second kappa shape index (κ2) is 8.68. The number of hydrogen-bond donors (Lipinski definition) is 2. The van der Waals surface area contributed by atoms with Gasteiger partial charge in [0.1, 0.15) is 12.4 Å². The maximum atomic E-state index is 14.4. The fourth-order valence-electron chi connectivity index (χ4n) is 5.28. The third-order valence-electron chi connectivity index (χ3n) is 6.97. The zero-order valence-corrected chi connectivity index (χ0v) is 19.2. The van der Waals surface area contributed by atoms with E-state index in [1.807, 2.05) is 0 Å². The zero-order chi connectivity index (χ0) is 24.7.